The summed E-state index contributed by atoms with van der Waals surface area (Å²) in [6, 6.07) is 73.7. The van der Waals surface area contributed by atoms with E-state index in [1.165, 1.54) is 82.9 Å². The van der Waals surface area contributed by atoms with Gasteiger partial charge in [0.05, 0.1) is 0 Å². The SMILES string of the molecule is c1ccc(-c2cccc(-c3cc4c5c(c3)N(c3ccccc3)c3cc6ccccc6cc3B5c3cc5ccccc5cc3N4c3ccccc3)c2)cc1. The van der Waals surface area contributed by atoms with Gasteiger partial charge in [-0.15, -0.1) is 0 Å². The van der Waals surface area contributed by atoms with Crippen LogP contribution in [-0.4, -0.2) is 6.71 Å². The summed E-state index contributed by atoms with van der Waals surface area (Å²) in [7, 11) is 0. The lowest BCUT2D eigenvalue weighted by Crippen LogP contribution is -2.61. The topological polar surface area (TPSA) is 6.48 Å². The summed E-state index contributed by atoms with van der Waals surface area (Å²) in [5, 5.41) is 4.99. The Labute approximate surface area is 309 Å². The Morgan fingerprint density at radius 2 is 0.679 bits per heavy atom. The average molecular weight is 673 g/mol. The molecular formula is C50H33BN2. The molecule has 9 aromatic carbocycles. The summed E-state index contributed by atoms with van der Waals surface area (Å²) in [6.07, 6.45) is 0. The van der Waals surface area contributed by atoms with Crippen LogP contribution in [0.2, 0.25) is 0 Å². The van der Waals surface area contributed by atoms with Crippen LogP contribution in [0.15, 0.2) is 200 Å². The van der Waals surface area contributed by atoms with E-state index in [1.54, 1.807) is 0 Å². The molecule has 0 saturated heterocycles. The van der Waals surface area contributed by atoms with Gasteiger partial charge in [0.2, 0.25) is 0 Å². The lowest BCUT2D eigenvalue weighted by Gasteiger charge is -2.44. The number of rotatable bonds is 4. The first-order valence-electron chi connectivity index (χ1n) is 18.4. The third-order valence-electron chi connectivity index (χ3n) is 11.1. The third kappa shape index (κ3) is 4.75. The first kappa shape index (κ1) is 29.9. The minimum absolute atomic E-state index is 0.0313. The number of fused-ring (bicyclic) bond motifs is 6. The van der Waals surface area contributed by atoms with Crippen molar-refractivity contribution in [3.63, 3.8) is 0 Å². The van der Waals surface area contributed by atoms with Crippen LogP contribution >= 0.6 is 0 Å². The van der Waals surface area contributed by atoms with E-state index in [0.717, 1.165) is 11.4 Å². The standard InChI is InChI=1S/C50H33BN2/c1-4-15-34(16-5-1)35-21-14-22-36(27-35)41-32-48-50-49(33-41)53(43-25-8-3-9-26-43)47-31-40-20-13-11-18-38(40)29-45(47)51(50)44-28-37-17-10-12-19-39(37)30-46(44)52(48)42-23-6-2-7-24-42/h1-33H. The van der Waals surface area contributed by atoms with Crippen LogP contribution in [0.25, 0.3) is 43.8 Å². The Morgan fingerprint density at radius 1 is 0.283 bits per heavy atom. The fourth-order valence-electron chi connectivity index (χ4n) is 8.75. The van der Waals surface area contributed by atoms with E-state index in [4.69, 9.17) is 0 Å². The molecule has 0 aromatic heterocycles. The van der Waals surface area contributed by atoms with Crippen LogP contribution in [0.3, 0.4) is 0 Å². The molecule has 0 bridgehead atoms. The van der Waals surface area contributed by atoms with Crippen molar-refractivity contribution >= 4 is 78.8 Å². The van der Waals surface area contributed by atoms with Crippen molar-refractivity contribution in [3.8, 4) is 22.3 Å². The average Bonchev–Trinajstić information content (AvgIpc) is 3.23. The van der Waals surface area contributed by atoms with Crippen molar-refractivity contribution in [2.75, 3.05) is 9.80 Å². The molecule has 0 radical (unpaired) electrons. The highest BCUT2D eigenvalue weighted by Crippen LogP contribution is 2.47. The molecule has 0 fully saturated rings. The molecule has 11 rings (SSSR count). The summed E-state index contributed by atoms with van der Waals surface area (Å²) in [4.78, 5) is 5.02. The van der Waals surface area contributed by atoms with Gasteiger partial charge in [0.1, 0.15) is 0 Å². The minimum atomic E-state index is 0.0313. The third-order valence-corrected chi connectivity index (χ3v) is 11.1. The minimum Gasteiger partial charge on any atom is -0.311 e. The number of benzene rings is 9. The van der Waals surface area contributed by atoms with E-state index < -0.39 is 0 Å². The maximum absolute atomic E-state index is 2.51. The molecule has 2 nitrogen and oxygen atoms in total. The van der Waals surface area contributed by atoms with Crippen LogP contribution in [0.5, 0.6) is 0 Å². The highest BCUT2D eigenvalue weighted by molar-refractivity contribution is 7.00. The zero-order valence-electron chi connectivity index (χ0n) is 29.0. The lowest BCUT2D eigenvalue weighted by atomic mass is 9.33. The Kier molecular flexibility index (Phi) is 6.68. The Bertz CT molecular complexity index is 2700. The molecule has 53 heavy (non-hydrogen) atoms. The van der Waals surface area contributed by atoms with Crippen molar-refractivity contribution in [1.82, 2.24) is 0 Å². The molecule has 3 heteroatoms. The Morgan fingerprint density at radius 3 is 1.17 bits per heavy atom. The largest absolute Gasteiger partial charge is 0.311 e. The molecular weight excluding hydrogens is 639 g/mol. The summed E-state index contributed by atoms with van der Waals surface area (Å²) in [5.74, 6) is 0. The normalized spacial score (nSPS) is 12.8. The van der Waals surface area contributed by atoms with Crippen LogP contribution < -0.4 is 26.2 Å². The monoisotopic (exact) mass is 672 g/mol. The molecule has 2 heterocycles. The van der Waals surface area contributed by atoms with Gasteiger partial charge < -0.3 is 9.80 Å². The van der Waals surface area contributed by atoms with Crippen molar-refractivity contribution in [1.29, 1.82) is 0 Å². The molecule has 0 aliphatic carbocycles. The number of anilines is 6. The molecule has 0 atom stereocenters. The van der Waals surface area contributed by atoms with Crippen LogP contribution in [0.4, 0.5) is 34.1 Å². The van der Waals surface area contributed by atoms with Gasteiger partial charge in [-0.1, -0.05) is 146 Å². The van der Waals surface area contributed by atoms with Gasteiger partial charge in [-0.05, 0) is 115 Å². The summed E-state index contributed by atoms with van der Waals surface area (Å²) in [5.41, 5.74) is 15.9. The number of para-hydroxylation sites is 2. The maximum atomic E-state index is 2.51. The zero-order valence-corrected chi connectivity index (χ0v) is 29.0. The van der Waals surface area contributed by atoms with E-state index in [-0.39, 0.29) is 6.71 Å². The molecule has 0 unspecified atom stereocenters. The second kappa shape index (κ2) is 11.9. The molecule has 246 valence electrons. The Hall–Kier alpha value is -6.84. The quantitative estimate of drug-likeness (QED) is 0.172. The van der Waals surface area contributed by atoms with E-state index in [2.05, 4.69) is 210 Å². The molecule has 9 aromatic rings. The molecule has 2 aliphatic heterocycles. The van der Waals surface area contributed by atoms with Crippen LogP contribution in [0, 0.1) is 0 Å². The predicted molar refractivity (Wildman–Crippen MR) is 226 cm³/mol. The van der Waals surface area contributed by atoms with E-state index in [0.29, 0.717) is 0 Å². The van der Waals surface area contributed by atoms with Gasteiger partial charge in [-0.2, -0.15) is 0 Å². The lowest BCUT2D eigenvalue weighted by molar-refractivity contribution is 1.26. The molecule has 0 saturated carbocycles. The highest BCUT2D eigenvalue weighted by Gasteiger charge is 2.44. The van der Waals surface area contributed by atoms with Gasteiger partial charge in [0, 0.05) is 34.1 Å². The molecule has 2 aliphatic rings. The fraction of sp³-hybridized carbons (Fsp3) is 0. The first-order valence-corrected chi connectivity index (χ1v) is 18.4. The van der Waals surface area contributed by atoms with Gasteiger partial charge in [-0.3, -0.25) is 0 Å². The smallest absolute Gasteiger partial charge is 0.252 e. The summed E-state index contributed by atoms with van der Waals surface area (Å²) >= 11 is 0. The highest BCUT2D eigenvalue weighted by atomic mass is 15.2. The van der Waals surface area contributed by atoms with Gasteiger partial charge in [0.15, 0.2) is 0 Å². The van der Waals surface area contributed by atoms with Crippen LogP contribution in [-0.2, 0) is 0 Å². The zero-order chi connectivity index (χ0) is 34.9. The van der Waals surface area contributed by atoms with E-state index >= 15 is 0 Å². The van der Waals surface area contributed by atoms with E-state index in [9.17, 15) is 0 Å². The summed E-state index contributed by atoms with van der Waals surface area (Å²) in [6.45, 7) is 0.0313. The van der Waals surface area contributed by atoms with Crippen molar-refractivity contribution in [3.05, 3.63) is 200 Å². The van der Waals surface area contributed by atoms with E-state index in [1.807, 2.05) is 0 Å². The number of hydrogen-bond donors (Lipinski definition) is 0. The Balaban J connectivity index is 1.27. The molecule has 0 spiro atoms. The van der Waals surface area contributed by atoms with Crippen molar-refractivity contribution in [2.24, 2.45) is 0 Å². The number of nitrogens with zero attached hydrogens (tertiary/aromatic N) is 2. The first-order chi connectivity index (χ1) is 26.3. The van der Waals surface area contributed by atoms with Crippen molar-refractivity contribution in [2.45, 2.75) is 0 Å². The second-order valence-electron chi connectivity index (χ2n) is 14.2. The van der Waals surface area contributed by atoms with Crippen LogP contribution in [0.1, 0.15) is 0 Å². The summed E-state index contributed by atoms with van der Waals surface area (Å²) < 4.78 is 0. The second-order valence-corrected chi connectivity index (χ2v) is 14.2. The molecule has 0 N–H and O–H groups in total. The van der Waals surface area contributed by atoms with Gasteiger partial charge in [0.25, 0.3) is 6.71 Å². The van der Waals surface area contributed by atoms with Crippen molar-refractivity contribution < 1.29 is 0 Å². The number of hydrogen-bond acceptors (Lipinski definition) is 2. The fourth-order valence-corrected chi connectivity index (χ4v) is 8.75. The molecule has 0 amide bonds. The van der Waals surface area contributed by atoms with Gasteiger partial charge in [-0.25, -0.2) is 0 Å². The predicted octanol–water partition coefficient (Wildman–Crippen LogP) is 11.4. The van der Waals surface area contributed by atoms with Gasteiger partial charge >= 0.3 is 0 Å². The maximum Gasteiger partial charge on any atom is 0.252 e.